The summed E-state index contributed by atoms with van der Waals surface area (Å²) in [6.45, 7) is 8.69. The maximum Gasteiger partial charge on any atom is 0.0708 e. The molecule has 0 fully saturated rings. The summed E-state index contributed by atoms with van der Waals surface area (Å²) in [6, 6.07) is 10.6. The van der Waals surface area contributed by atoms with Gasteiger partial charge in [0.1, 0.15) is 0 Å². The van der Waals surface area contributed by atoms with Crippen LogP contribution in [0, 0.1) is 12.8 Å². The fourth-order valence-corrected chi connectivity index (χ4v) is 2.57. The van der Waals surface area contributed by atoms with E-state index in [1.165, 1.54) is 30.2 Å². The first-order valence-electron chi connectivity index (χ1n) is 7.73. The monoisotopic (exact) mass is 270 g/mol. The van der Waals surface area contributed by atoms with Gasteiger partial charge in [-0.15, -0.1) is 0 Å². The smallest absolute Gasteiger partial charge is 0.0708 e. The molecule has 1 N–H and O–H groups in total. The molecule has 0 saturated carbocycles. The van der Waals surface area contributed by atoms with Crippen molar-refractivity contribution < 1.29 is 0 Å². The molecule has 1 heterocycles. The summed E-state index contributed by atoms with van der Waals surface area (Å²) >= 11 is 0. The molecule has 0 saturated heterocycles. The number of nitrogens with one attached hydrogen (secondary N) is 1. The van der Waals surface area contributed by atoms with Crippen LogP contribution in [0.15, 0.2) is 30.3 Å². The second kappa shape index (κ2) is 7.39. The lowest BCUT2D eigenvalue weighted by Gasteiger charge is -2.10. The van der Waals surface area contributed by atoms with Crippen LogP contribution in [0.4, 0.5) is 0 Å². The zero-order chi connectivity index (χ0) is 14.4. The summed E-state index contributed by atoms with van der Waals surface area (Å²) in [5, 5.41) is 4.84. The van der Waals surface area contributed by atoms with E-state index in [2.05, 4.69) is 61.4 Å². The molecule has 0 unspecified atom stereocenters. The van der Waals surface area contributed by atoms with Crippen LogP contribution in [0.3, 0.4) is 0 Å². The molecule has 1 aromatic heterocycles. The van der Waals surface area contributed by atoms with Crippen molar-refractivity contribution in [3.63, 3.8) is 0 Å². The molecule has 2 heteroatoms. The lowest BCUT2D eigenvalue weighted by atomic mass is 10.1. The van der Waals surface area contributed by atoms with E-state index in [4.69, 9.17) is 0 Å². The minimum absolute atomic E-state index is 0.821. The highest BCUT2D eigenvalue weighted by Crippen LogP contribution is 2.18. The fourth-order valence-electron chi connectivity index (χ4n) is 2.57. The van der Waals surface area contributed by atoms with E-state index in [1.54, 1.807) is 0 Å². The highest BCUT2D eigenvalue weighted by Gasteiger charge is 2.03. The van der Waals surface area contributed by atoms with Gasteiger partial charge in [0.15, 0.2) is 0 Å². The van der Waals surface area contributed by atoms with Crippen LogP contribution in [-0.4, -0.2) is 11.5 Å². The Morgan fingerprint density at radius 2 is 1.95 bits per heavy atom. The standard InChI is InChI=1S/C18H26N2/c1-14(2)8-6-7-11-19-13-16-12-15(3)20-18-10-5-4-9-17(16)18/h4-5,9-10,12,14,19H,6-8,11,13H2,1-3H3. The number of hydrogen-bond acceptors (Lipinski definition) is 2. The van der Waals surface area contributed by atoms with Gasteiger partial charge in [-0.3, -0.25) is 4.98 Å². The van der Waals surface area contributed by atoms with Crippen molar-refractivity contribution in [3.8, 4) is 0 Å². The van der Waals surface area contributed by atoms with Gasteiger partial charge in [-0.2, -0.15) is 0 Å². The molecule has 0 bridgehead atoms. The van der Waals surface area contributed by atoms with E-state index in [1.807, 2.05) is 0 Å². The van der Waals surface area contributed by atoms with Crippen molar-refractivity contribution in [2.45, 2.75) is 46.6 Å². The van der Waals surface area contributed by atoms with Gasteiger partial charge in [0, 0.05) is 17.6 Å². The van der Waals surface area contributed by atoms with E-state index in [0.717, 1.165) is 30.2 Å². The highest BCUT2D eigenvalue weighted by atomic mass is 14.8. The lowest BCUT2D eigenvalue weighted by molar-refractivity contribution is 0.521. The van der Waals surface area contributed by atoms with Gasteiger partial charge < -0.3 is 5.32 Å². The van der Waals surface area contributed by atoms with E-state index in [9.17, 15) is 0 Å². The van der Waals surface area contributed by atoms with Crippen molar-refractivity contribution in [3.05, 3.63) is 41.6 Å². The molecule has 0 radical (unpaired) electrons. The van der Waals surface area contributed by atoms with Gasteiger partial charge >= 0.3 is 0 Å². The van der Waals surface area contributed by atoms with Gasteiger partial charge in [0.2, 0.25) is 0 Å². The Morgan fingerprint density at radius 1 is 1.15 bits per heavy atom. The van der Waals surface area contributed by atoms with Gasteiger partial charge in [-0.1, -0.05) is 44.9 Å². The molecule has 2 rings (SSSR count). The van der Waals surface area contributed by atoms with Crippen LogP contribution < -0.4 is 5.32 Å². The van der Waals surface area contributed by atoms with Crippen LogP contribution in [0.5, 0.6) is 0 Å². The second-order valence-electron chi connectivity index (χ2n) is 6.01. The Morgan fingerprint density at radius 3 is 2.75 bits per heavy atom. The Labute approximate surface area is 122 Å². The average Bonchev–Trinajstić information content (AvgIpc) is 2.42. The van der Waals surface area contributed by atoms with E-state index in [0.29, 0.717) is 0 Å². The number of rotatable bonds is 7. The first kappa shape index (κ1) is 15.0. The van der Waals surface area contributed by atoms with Gasteiger partial charge in [-0.25, -0.2) is 0 Å². The molecular weight excluding hydrogens is 244 g/mol. The molecule has 0 spiro atoms. The minimum Gasteiger partial charge on any atom is -0.313 e. The topological polar surface area (TPSA) is 24.9 Å². The number of aromatic nitrogens is 1. The Bertz CT molecular complexity index is 546. The SMILES string of the molecule is Cc1cc(CNCCCCC(C)C)c2ccccc2n1. The molecule has 20 heavy (non-hydrogen) atoms. The summed E-state index contributed by atoms with van der Waals surface area (Å²) in [5.41, 5.74) is 3.56. The Balaban J connectivity index is 1.90. The van der Waals surface area contributed by atoms with E-state index < -0.39 is 0 Å². The maximum atomic E-state index is 4.59. The van der Waals surface area contributed by atoms with Crippen molar-refractivity contribution in [1.29, 1.82) is 0 Å². The Kier molecular flexibility index (Phi) is 5.54. The third-order valence-electron chi connectivity index (χ3n) is 3.63. The minimum atomic E-state index is 0.821. The molecule has 108 valence electrons. The van der Waals surface area contributed by atoms with Gasteiger partial charge in [-0.05, 0) is 43.5 Å². The Hall–Kier alpha value is -1.41. The summed E-state index contributed by atoms with van der Waals surface area (Å²) in [6.07, 6.45) is 3.92. The summed E-state index contributed by atoms with van der Waals surface area (Å²) < 4.78 is 0. The summed E-state index contributed by atoms with van der Waals surface area (Å²) in [4.78, 5) is 4.59. The van der Waals surface area contributed by atoms with Crippen LogP contribution in [-0.2, 0) is 6.54 Å². The number of hydrogen-bond donors (Lipinski definition) is 1. The zero-order valence-corrected chi connectivity index (χ0v) is 12.9. The number of unbranched alkanes of at least 4 members (excludes halogenated alkanes) is 1. The first-order valence-corrected chi connectivity index (χ1v) is 7.73. The van der Waals surface area contributed by atoms with E-state index in [-0.39, 0.29) is 0 Å². The summed E-state index contributed by atoms with van der Waals surface area (Å²) in [7, 11) is 0. The molecule has 0 aliphatic rings. The molecule has 2 nitrogen and oxygen atoms in total. The van der Waals surface area contributed by atoms with Crippen molar-refractivity contribution >= 4 is 10.9 Å². The lowest BCUT2D eigenvalue weighted by Crippen LogP contribution is -2.15. The maximum absolute atomic E-state index is 4.59. The normalized spacial score (nSPS) is 11.4. The van der Waals surface area contributed by atoms with Crippen LogP contribution in [0.1, 0.15) is 44.4 Å². The van der Waals surface area contributed by atoms with Crippen LogP contribution in [0.2, 0.25) is 0 Å². The van der Waals surface area contributed by atoms with Crippen molar-refractivity contribution in [1.82, 2.24) is 10.3 Å². The third-order valence-corrected chi connectivity index (χ3v) is 3.63. The average molecular weight is 270 g/mol. The molecular formula is C18H26N2. The number of aryl methyl sites for hydroxylation is 1. The molecule has 2 aromatic rings. The molecule has 0 aliphatic heterocycles. The third kappa shape index (κ3) is 4.31. The van der Waals surface area contributed by atoms with Gasteiger partial charge in [0.05, 0.1) is 5.52 Å². The molecule has 0 atom stereocenters. The molecule has 1 aromatic carbocycles. The summed E-state index contributed by atoms with van der Waals surface area (Å²) in [5.74, 6) is 0.821. The van der Waals surface area contributed by atoms with Crippen molar-refractivity contribution in [2.75, 3.05) is 6.54 Å². The van der Waals surface area contributed by atoms with Crippen molar-refractivity contribution in [2.24, 2.45) is 5.92 Å². The quantitative estimate of drug-likeness (QED) is 0.751. The number of fused-ring (bicyclic) bond motifs is 1. The number of para-hydroxylation sites is 1. The first-order chi connectivity index (χ1) is 9.66. The predicted octanol–water partition coefficient (Wildman–Crippen LogP) is 4.46. The number of nitrogens with zero attached hydrogens (tertiary/aromatic N) is 1. The largest absolute Gasteiger partial charge is 0.313 e. The highest BCUT2D eigenvalue weighted by molar-refractivity contribution is 5.82. The molecule has 0 amide bonds. The van der Waals surface area contributed by atoms with Gasteiger partial charge in [0.25, 0.3) is 0 Å². The zero-order valence-electron chi connectivity index (χ0n) is 12.9. The van der Waals surface area contributed by atoms with Crippen LogP contribution >= 0.6 is 0 Å². The second-order valence-corrected chi connectivity index (χ2v) is 6.01. The number of benzene rings is 1. The van der Waals surface area contributed by atoms with Crippen LogP contribution in [0.25, 0.3) is 10.9 Å². The molecule has 0 aliphatic carbocycles. The predicted molar refractivity (Wildman–Crippen MR) is 86.9 cm³/mol. The van der Waals surface area contributed by atoms with E-state index >= 15 is 0 Å². The fraction of sp³-hybridized carbons (Fsp3) is 0.500. The number of pyridine rings is 1.